The average molecular weight is 521 g/mol. The number of rotatable bonds is 10. The molecular formula is C25H24N6O5S. The molecule has 0 aliphatic carbocycles. The van der Waals surface area contributed by atoms with E-state index in [1.54, 1.807) is 48.7 Å². The lowest BCUT2D eigenvalue weighted by Crippen LogP contribution is -2.21. The van der Waals surface area contributed by atoms with Gasteiger partial charge in [0.05, 0.1) is 18.4 Å². The Hall–Kier alpha value is -4.58. The zero-order chi connectivity index (χ0) is 26.4. The molecule has 0 saturated heterocycles. The average Bonchev–Trinajstić information content (AvgIpc) is 3.51. The molecule has 4 rings (SSSR count). The molecule has 0 saturated carbocycles. The monoisotopic (exact) mass is 520 g/mol. The molecule has 11 nitrogen and oxygen atoms in total. The van der Waals surface area contributed by atoms with Gasteiger partial charge in [-0.1, -0.05) is 23.8 Å². The summed E-state index contributed by atoms with van der Waals surface area (Å²) in [5.41, 5.74) is 1.95. The number of aromatic nitrogens is 4. The molecule has 2 aromatic carbocycles. The third kappa shape index (κ3) is 6.35. The van der Waals surface area contributed by atoms with Crippen molar-refractivity contribution >= 4 is 39.9 Å². The molecule has 0 bridgehead atoms. The lowest BCUT2D eigenvalue weighted by atomic mass is 9.99. The Kier molecular flexibility index (Phi) is 7.89. The summed E-state index contributed by atoms with van der Waals surface area (Å²) in [5.74, 6) is -0.253. The number of hydrogen-bond acceptors (Lipinski definition) is 8. The van der Waals surface area contributed by atoms with E-state index in [0.717, 1.165) is 10.4 Å². The van der Waals surface area contributed by atoms with Crippen LogP contribution in [0.1, 0.15) is 32.2 Å². The van der Waals surface area contributed by atoms with Crippen LogP contribution in [0.4, 0.5) is 15.6 Å². The molecule has 12 heteroatoms. The number of carboxylic acid groups (broad SMARTS) is 1. The van der Waals surface area contributed by atoms with Crippen molar-refractivity contribution in [2.24, 2.45) is 0 Å². The highest BCUT2D eigenvalue weighted by molar-refractivity contribution is 7.15. The van der Waals surface area contributed by atoms with E-state index in [-0.39, 0.29) is 12.3 Å². The number of aliphatic carboxylic acids is 1. The molecule has 0 aliphatic heterocycles. The van der Waals surface area contributed by atoms with Crippen LogP contribution < -0.4 is 15.4 Å². The number of para-hydroxylation sites is 1. The van der Waals surface area contributed by atoms with Crippen LogP contribution in [0.15, 0.2) is 55.0 Å². The Bertz CT molecular complexity index is 1450. The Morgan fingerprint density at radius 1 is 1.08 bits per heavy atom. The smallest absolute Gasteiger partial charge is 0.325 e. The second-order valence-corrected chi connectivity index (χ2v) is 9.17. The summed E-state index contributed by atoms with van der Waals surface area (Å²) < 4.78 is 6.80. The van der Waals surface area contributed by atoms with Crippen molar-refractivity contribution in [1.29, 1.82) is 0 Å². The zero-order valence-corrected chi connectivity index (χ0v) is 20.9. The molecule has 4 aromatic rings. The van der Waals surface area contributed by atoms with Crippen LogP contribution in [-0.4, -0.2) is 49.7 Å². The van der Waals surface area contributed by atoms with Gasteiger partial charge < -0.3 is 19.7 Å². The van der Waals surface area contributed by atoms with Gasteiger partial charge >= 0.3 is 12.0 Å². The summed E-state index contributed by atoms with van der Waals surface area (Å²) in [6.45, 7) is 1.66. The number of urea groups is 1. The number of carbonyl (C=O) groups is 3. The predicted octanol–water partition coefficient (Wildman–Crippen LogP) is 3.80. The molecule has 0 spiro atoms. The van der Waals surface area contributed by atoms with Crippen molar-refractivity contribution in [2.75, 3.05) is 17.7 Å². The molecule has 2 amide bonds. The Labute approximate surface area is 216 Å². The lowest BCUT2D eigenvalue weighted by molar-refractivity contribution is -0.137. The summed E-state index contributed by atoms with van der Waals surface area (Å²) >= 11 is 1.29. The molecule has 0 fully saturated rings. The first-order valence-corrected chi connectivity index (χ1v) is 12.0. The van der Waals surface area contributed by atoms with E-state index < -0.39 is 12.0 Å². The van der Waals surface area contributed by atoms with Crippen LogP contribution in [0.2, 0.25) is 0 Å². The molecule has 0 atom stereocenters. The minimum atomic E-state index is -0.974. The lowest BCUT2D eigenvalue weighted by Gasteiger charge is -2.13. The number of nitrogens with zero attached hydrogens (tertiary/aromatic N) is 4. The van der Waals surface area contributed by atoms with Crippen LogP contribution in [-0.2, 0) is 24.2 Å². The van der Waals surface area contributed by atoms with E-state index in [2.05, 4.69) is 25.8 Å². The second-order valence-electron chi connectivity index (χ2n) is 8.06. The van der Waals surface area contributed by atoms with Gasteiger partial charge in [0.2, 0.25) is 0 Å². The van der Waals surface area contributed by atoms with Gasteiger partial charge in [-0.3, -0.25) is 14.9 Å². The number of hydrogen-bond donors (Lipinski definition) is 3. The van der Waals surface area contributed by atoms with Gasteiger partial charge in [0.25, 0.3) is 0 Å². The predicted molar refractivity (Wildman–Crippen MR) is 137 cm³/mol. The molecule has 190 valence electrons. The first kappa shape index (κ1) is 25.5. The molecule has 2 aromatic heterocycles. The number of ketones is 1. The van der Waals surface area contributed by atoms with Crippen LogP contribution in [0.5, 0.6) is 5.75 Å². The van der Waals surface area contributed by atoms with Gasteiger partial charge in [0.1, 0.15) is 24.4 Å². The fourth-order valence-corrected chi connectivity index (χ4v) is 4.46. The summed E-state index contributed by atoms with van der Waals surface area (Å²) in [6, 6.07) is 11.6. The fraction of sp³-hybridized carbons (Fsp3) is 0.200. The molecule has 0 aliphatic rings. The van der Waals surface area contributed by atoms with Crippen molar-refractivity contribution in [3.8, 4) is 5.75 Å². The number of methoxy groups -OCH3 is 1. The molecule has 37 heavy (non-hydrogen) atoms. The molecule has 0 unspecified atom stereocenters. The van der Waals surface area contributed by atoms with Crippen molar-refractivity contribution in [3.05, 3.63) is 82.4 Å². The number of aryl methyl sites for hydroxylation is 3. The standard InChI is InChI=1S/C25H24N6O5S/c1-15-7-9-19(18(11-15)23(34)17-5-3-4-6-20(17)36-2)28-24(35)29-25-26-12-16(37-25)8-10-21-30-27-14-31(21)13-22(32)33/h3-7,9,11-12,14H,8,10,13H2,1-2H3,(H,32,33)(H2,26,28,29,35). The fourth-order valence-electron chi connectivity index (χ4n) is 3.65. The molecule has 2 heterocycles. The maximum absolute atomic E-state index is 13.3. The highest BCUT2D eigenvalue weighted by Crippen LogP contribution is 2.27. The Balaban J connectivity index is 1.42. The van der Waals surface area contributed by atoms with Crippen LogP contribution >= 0.6 is 11.3 Å². The number of carboxylic acids is 1. The van der Waals surface area contributed by atoms with E-state index in [1.165, 1.54) is 29.3 Å². The first-order valence-electron chi connectivity index (χ1n) is 11.2. The zero-order valence-electron chi connectivity index (χ0n) is 20.1. The number of carbonyl (C=O) groups excluding carboxylic acids is 2. The normalized spacial score (nSPS) is 10.6. The van der Waals surface area contributed by atoms with E-state index in [9.17, 15) is 14.4 Å². The number of ether oxygens (including phenoxy) is 1. The van der Waals surface area contributed by atoms with Gasteiger partial charge in [0, 0.05) is 23.1 Å². The quantitative estimate of drug-likeness (QED) is 0.268. The first-order chi connectivity index (χ1) is 17.8. The van der Waals surface area contributed by atoms with Gasteiger partial charge in [0.15, 0.2) is 10.9 Å². The van der Waals surface area contributed by atoms with Gasteiger partial charge in [-0.25, -0.2) is 9.78 Å². The summed E-state index contributed by atoms with van der Waals surface area (Å²) in [4.78, 5) is 42.1. The second kappa shape index (κ2) is 11.4. The van der Waals surface area contributed by atoms with Crippen LogP contribution in [0, 0.1) is 6.92 Å². The van der Waals surface area contributed by atoms with Gasteiger partial charge in [-0.2, -0.15) is 0 Å². The largest absolute Gasteiger partial charge is 0.496 e. The van der Waals surface area contributed by atoms with E-state index >= 15 is 0 Å². The summed E-state index contributed by atoms with van der Waals surface area (Å²) in [5, 5.41) is 22.5. The van der Waals surface area contributed by atoms with Crippen molar-refractivity contribution in [3.63, 3.8) is 0 Å². The minimum Gasteiger partial charge on any atom is -0.496 e. The highest BCUT2D eigenvalue weighted by Gasteiger charge is 2.19. The minimum absolute atomic E-state index is 0.210. The topological polar surface area (TPSA) is 148 Å². The highest BCUT2D eigenvalue weighted by atomic mass is 32.1. The number of nitrogens with one attached hydrogen (secondary N) is 2. The number of thiazole rings is 1. The van der Waals surface area contributed by atoms with Crippen LogP contribution in [0.3, 0.4) is 0 Å². The van der Waals surface area contributed by atoms with Crippen molar-refractivity contribution < 1.29 is 24.2 Å². The summed E-state index contributed by atoms with van der Waals surface area (Å²) in [6.07, 6.45) is 4.04. The van der Waals surface area contributed by atoms with Crippen molar-refractivity contribution in [2.45, 2.75) is 26.3 Å². The SMILES string of the molecule is COc1ccccc1C(=O)c1cc(C)ccc1NC(=O)Nc1ncc(CCc2nncn2CC(=O)O)s1. The maximum Gasteiger partial charge on any atom is 0.325 e. The van der Waals surface area contributed by atoms with Crippen molar-refractivity contribution in [1.82, 2.24) is 19.7 Å². The Morgan fingerprint density at radius 2 is 1.89 bits per heavy atom. The number of anilines is 2. The van der Waals surface area contributed by atoms with E-state index in [1.807, 2.05) is 6.92 Å². The number of benzene rings is 2. The third-order valence-electron chi connectivity index (χ3n) is 5.39. The van der Waals surface area contributed by atoms with E-state index in [0.29, 0.717) is 46.4 Å². The number of amides is 2. The Morgan fingerprint density at radius 3 is 2.68 bits per heavy atom. The molecular weight excluding hydrogens is 496 g/mol. The van der Waals surface area contributed by atoms with Gasteiger partial charge in [-0.15, -0.1) is 21.5 Å². The molecule has 3 N–H and O–H groups in total. The van der Waals surface area contributed by atoms with E-state index in [4.69, 9.17) is 9.84 Å². The summed E-state index contributed by atoms with van der Waals surface area (Å²) in [7, 11) is 1.50. The van der Waals surface area contributed by atoms with Crippen LogP contribution in [0.25, 0.3) is 0 Å². The maximum atomic E-state index is 13.3. The third-order valence-corrected chi connectivity index (χ3v) is 6.36. The molecule has 0 radical (unpaired) electrons. The van der Waals surface area contributed by atoms with Gasteiger partial charge in [-0.05, 0) is 37.6 Å².